The van der Waals surface area contributed by atoms with Crippen LogP contribution in [0, 0.1) is 11.8 Å². The summed E-state index contributed by atoms with van der Waals surface area (Å²) in [7, 11) is 0. The molecule has 2 aliphatic heterocycles. The number of ether oxygens (including phenoxy) is 1. The highest BCUT2D eigenvalue weighted by atomic mass is 16.5. The molecule has 5 nitrogen and oxygen atoms in total. The molecule has 1 amide bonds. The Bertz CT molecular complexity index is 539. The fourth-order valence-corrected chi connectivity index (χ4v) is 3.47. The Morgan fingerprint density at radius 1 is 1.18 bits per heavy atom. The average Bonchev–Trinajstić information content (AvgIpc) is 3.01. The lowest BCUT2D eigenvalue weighted by Gasteiger charge is -2.26. The van der Waals surface area contributed by atoms with Crippen LogP contribution in [0.1, 0.15) is 24.3 Å². The molecule has 2 fully saturated rings. The van der Waals surface area contributed by atoms with Crippen LogP contribution in [0.4, 0.5) is 0 Å². The van der Waals surface area contributed by atoms with Gasteiger partial charge in [-0.1, -0.05) is 30.3 Å². The lowest BCUT2D eigenvalue weighted by atomic mass is 9.89. The van der Waals surface area contributed by atoms with Gasteiger partial charge in [-0.25, -0.2) is 0 Å². The minimum Gasteiger partial charge on any atom is -0.481 e. The maximum Gasteiger partial charge on any atom is 0.308 e. The van der Waals surface area contributed by atoms with Crippen LogP contribution in [0.2, 0.25) is 0 Å². The van der Waals surface area contributed by atoms with E-state index < -0.39 is 11.9 Å². The van der Waals surface area contributed by atoms with Crippen molar-refractivity contribution < 1.29 is 19.4 Å². The van der Waals surface area contributed by atoms with Crippen molar-refractivity contribution >= 4 is 11.9 Å². The molecular formula is C17H21NO4. The first kappa shape index (κ1) is 15.0. The quantitative estimate of drug-likeness (QED) is 0.923. The number of carboxylic acid groups (broad SMARTS) is 1. The van der Waals surface area contributed by atoms with Gasteiger partial charge < -0.3 is 14.7 Å². The average molecular weight is 303 g/mol. The van der Waals surface area contributed by atoms with Crippen molar-refractivity contribution in [2.45, 2.75) is 18.8 Å². The van der Waals surface area contributed by atoms with Gasteiger partial charge in [-0.05, 0) is 18.4 Å². The van der Waals surface area contributed by atoms with Crippen molar-refractivity contribution in [1.82, 2.24) is 4.90 Å². The number of carbonyl (C=O) groups excluding carboxylic acids is 1. The number of likely N-dealkylation sites (tertiary alicyclic amines) is 1. The molecule has 5 heteroatoms. The lowest BCUT2D eigenvalue weighted by Crippen LogP contribution is -2.38. The van der Waals surface area contributed by atoms with Crippen molar-refractivity contribution in [1.29, 1.82) is 0 Å². The molecule has 0 spiro atoms. The Balaban J connectivity index is 1.75. The van der Waals surface area contributed by atoms with E-state index >= 15 is 0 Å². The molecule has 3 rings (SSSR count). The normalized spacial score (nSPS) is 28.5. The largest absolute Gasteiger partial charge is 0.481 e. The Kier molecular flexibility index (Phi) is 4.43. The predicted molar refractivity (Wildman–Crippen MR) is 80.4 cm³/mol. The van der Waals surface area contributed by atoms with E-state index in [0.29, 0.717) is 26.3 Å². The Hall–Kier alpha value is -1.88. The molecule has 2 aliphatic rings. The van der Waals surface area contributed by atoms with Crippen LogP contribution >= 0.6 is 0 Å². The summed E-state index contributed by atoms with van der Waals surface area (Å²) in [5.74, 6) is -1.56. The number of aliphatic carboxylic acids is 1. The Morgan fingerprint density at radius 2 is 1.95 bits per heavy atom. The number of rotatable bonds is 3. The van der Waals surface area contributed by atoms with Crippen molar-refractivity contribution in [3.8, 4) is 0 Å². The van der Waals surface area contributed by atoms with E-state index in [1.54, 1.807) is 4.90 Å². The van der Waals surface area contributed by atoms with Gasteiger partial charge in [0.05, 0.1) is 18.4 Å². The van der Waals surface area contributed by atoms with E-state index in [2.05, 4.69) is 0 Å². The minimum atomic E-state index is -0.830. The van der Waals surface area contributed by atoms with Crippen LogP contribution in [-0.2, 0) is 14.3 Å². The molecule has 2 heterocycles. The second-order valence-electron chi connectivity index (χ2n) is 6.12. The number of nitrogens with zero attached hydrogens (tertiary/aromatic N) is 1. The van der Waals surface area contributed by atoms with Gasteiger partial charge in [-0.2, -0.15) is 0 Å². The van der Waals surface area contributed by atoms with Crippen LogP contribution in [0.25, 0.3) is 0 Å². The molecule has 3 atom stereocenters. The Morgan fingerprint density at radius 3 is 2.59 bits per heavy atom. The van der Waals surface area contributed by atoms with Crippen LogP contribution in [0.3, 0.4) is 0 Å². The van der Waals surface area contributed by atoms with Crippen molar-refractivity contribution in [2.24, 2.45) is 11.8 Å². The van der Waals surface area contributed by atoms with Gasteiger partial charge in [-0.3, -0.25) is 9.59 Å². The van der Waals surface area contributed by atoms with E-state index in [-0.39, 0.29) is 17.7 Å². The zero-order valence-electron chi connectivity index (χ0n) is 12.5. The highest BCUT2D eigenvalue weighted by Crippen LogP contribution is 2.34. The fraction of sp³-hybridized carbons (Fsp3) is 0.529. The summed E-state index contributed by atoms with van der Waals surface area (Å²) in [5, 5.41) is 9.49. The first-order chi connectivity index (χ1) is 10.7. The smallest absolute Gasteiger partial charge is 0.308 e. The molecule has 1 N–H and O–H groups in total. The van der Waals surface area contributed by atoms with Gasteiger partial charge >= 0.3 is 5.97 Å². The molecule has 22 heavy (non-hydrogen) atoms. The van der Waals surface area contributed by atoms with Crippen LogP contribution in [-0.4, -0.2) is 48.2 Å². The molecule has 1 unspecified atom stereocenters. The predicted octanol–water partition coefficient (Wildman–Crippen LogP) is 1.74. The summed E-state index contributed by atoms with van der Waals surface area (Å²) in [6, 6.07) is 9.62. The number of amides is 1. The molecule has 1 aromatic carbocycles. The van der Waals surface area contributed by atoms with Crippen molar-refractivity contribution in [3.05, 3.63) is 35.9 Å². The SMILES string of the molecule is O=C(O)[C@@H]1CN(C(=O)C2CCCOC2)C[C@H]1c1ccccc1. The standard InChI is InChI=1S/C17H21NO4/c19-16(13-7-4-8-22-11-13)18-9-14(15(10-18)17(20)21)12-5-2-1-3-6-12/h1-3,5-6,13-15H,4,7-11H2,(H,20,21)/t13?,14-,15+/m0/s1. The minimum absolute atomic E-state index is 0.0457. The summed E-state index contributed by atoms with van der Waals surface area (Å²) in [6.45, 7) is 1.96. The molecule has 0 saturated carbocycles. The maximum atomic E-state index is 12.6. The topological polar surface area (TPSA) is 66.8 Å². The molecular weight excluding hydrogens is 282 g/mol. The number of carboxylic acids is 1. The zero-order chi connectivity index (χ0) is 15.5. The molecule has 0 bridgehead atoms. The highest BCUT2D eigenvalue weighted by molar-refractivity contribution is 5.81. The summed E-state index contributed by atoms with van der Waals surface area (Å²) in [6.07, 6.45) is 1.73. The van der Waals surface area contributed by atoms with E-state index in [1.165, 1.54) is 0 Å². The summed E-state index contributed by atoms with van der Waals surface area (Å²) in [4.78, 5) is 25.9. The molecule has 0 radical (unpaired) electrons. The third kappa shape index (κ3) is 2.99. The fourth-order valence-electron chi connectivity index (χ4n) is 3.47. The number of hydrogen-bond acceptors (Lipinski definition) is 3. The molecule has 2 saturated heterocycles. The van der Waals surface area contributed by atoms with Crippen molar-refractivity contribution in [3.63, 3.8) is 0 Å². The first-order valence-corrected chi connectivity index (χ1v) is 7.81. The van der Waals surface area contributed by atoms with Gasteiger partial charge in [0.1, 0.15) is 0 Å². The number of carbonyl (C=O) groups is 2. The van der Waals surface area contributed by atoms with Gasteiger partial charge in [0.15, 0.2) is 0 Å². The van der Waals surface area contributed by atoms with Gasteiger partial charge in [0.2, 0.25) is 5.91 Å². The van der Waals surface area contributed by atoms with Gasteiger partial charge in [-0.15, -0.1) is 0 Å². The lowest BCUT2D eigenvalue weighted by molar-refractivity contribution is -0.142. The first-order valence-electron chi connectivity index (χ1n) is 7.81. The third-order valence-electron chi connectivity index (χ3n) is 4.69. The summed E-state index contributed by atoms with van der Waals surface area (Å²) < 4.78 is 5.38. The molecule has 118 valence electrons. The maximum absolute atomic E-state index is 12.6. The Labute approximate surface area is 129 Å². The number of hydrogen-bond donors (Lipinski definition) is 1. The number of benzene rings is 1. The van der Waals surface area contributed by atoms with Crippen LogP contribution in [0.5, 0.6) is 0 Å². The van der Waals surface area contributed by atoms with Crippen LogP contribution < -0.4 is 0 Å². The molecule has 1 aromatic rings. The van der Waals surface area contributed by atoms with E-state index in [0.717, 1.165) is 18.4 Å². The second-order valence-corrected chi connectivity index (χ2v) is 6.12. The summed E-state index contributed by atoms with van der Waals surface area (Å²) in [5.41, 5.74) is 0.991. The van der Waals surface area contributed by atoms with E-state index in [9.17, 15) is 14.7 Å². The zero-order valence-corrected chi connectivity index (χ0v) is 12.5. The van der Waals surface area contributed by atoms with Crippen molar-refractivity contribution in [2.75, 3.05) is 26.3 Å². The van der Waals surface area contributed by atoms with Gasteiger partial charge in [0.25, 0.3) is 0 Å². The highest BCUT2D eigenvalue weighted by Gasteiger charge is 2.42. The van der Waals surface area contributed by atoms with E-state index in [4.69, 9.17) is 4.74 Å². The van der Waals surface area contributed by atoms with E-state index in [1.807, 2.05) is 30.3 Å². The van der Waals surface area contributed by atoms with Gasteiger partial charge in [0, 0.05) is 25.6 Å². The molecule has 0 aliphatic carbocycles. The van der Waals surface area contributed by atoms with Crippen LogP contribution in [0.15, 0.2) is 30.3 Å². The monoisotopic (exact) mass is 303 g/mol. The second kappa shape index (κ2) is 6.48. The third-order valence-corrected chi connectivity index (χ3v) is 4.69. The summed E-state index contributed by atoms with van der Waals surface area (Å²) >= 11 is 0. The molecule has 0 aromatic heterocycles.